The number of hydrogen-bond acceptors (Lipinski definition) is 6. The van der Waals surface area contributed by atoms with Crippen LogP contribution in [0.25, 0.3) is 20.7 Å². The average Bonchev–Trinajstić information content (AvgIpc) is 2.97. The number of thioether (sulfide) groups is 1. The molecule has 7 heteroatoms. The van der Waals surface area contributed by atoms with Crippen molar-refractivity contribution in [2.75, 3.05) is 12.9 Å². The molecule has 112 valence electrons. The van der Waals surface area contributed by atoms with E-state index in [0.717, 1.165) is 25.7 Å². The van der Waals surface area contributed by atoms with Crippen LogP contribution in [-0.4, -0.2) is 28.8 Å². The van der Waals surface area contributed by atoms with E-state index in [1.54, 1.807) is 11.3 Å². The van der Waals surface area contributed by atoms with Crippen molar-refractivity contribution in [3.05, 3.63) is 41.7 Å². The van der Waals surface area contributed by atoms with Gasteiger partial charge >= 0.3 is 5.97 Å². The van der Waals surface area contributed by atoms with Gasteiger partial charge in [0.1, 0.15) is 11.4 Å². The van der Waals surface area contributed by atoms with Gasteiger partial charge in [-0.25, -0.2) is 9.97 Å². The number of nitrogens with zero attached hydrogens (tertiary/aromatic N) is 2. The van der Waals surface area contributed by atoms with Crippen molar-refractivity contribution in [1.29, 1.82) is 0 Å². The van der Waals surface area contributed by atoms with Crippen LogP contribution in [0.2, 0.25) is 5.02 Å². The molecule has 0 atom stereocenters. The van der Waals surface area contributed by atoms with Crippen molar-refractivity contribution in [3.63, 3.8) is 0 Å². The Morgan fingerprint density at radius 3 is 2.82 bits per heavy atom. The molecule has 1 aromatic carbocycles. The highest BCUT2D eigenvalue weighted by molar-refractivity contribution is 8.00. The van der Waals surface area contributed by atoms with Gasteiger partial charge in [0.15, 0.2) is 0 Å². The summed E-state index contributed by atoms with van der Waals surface area (Å²) in [5.41, 5.74) is 1.95. The van der Waals surface area contributed by atoms with E-state index in [4.69, 9.17) is 11.6 Å². The number of benzene rings is 1. The Bertz CT molecular complexity index is 818. The maximum absolute atomic E-state index is 11.3. The molecule has 0 aliphatic rings. The molecule has 0 aliphatic carbocycles. The zero-order valence-corrected chi connectivity index (χ0v) is 14.0. The first-order valence-electron chi connectivity index (χ1n) is 6.37. The topological polar surface area (TPSA) is 52.1 Å². The molecule has 0 unspecified atom stereocenters. The number of fused-ring (bicyclic) bond motifs is 1. The molecule has 0 saturated heterocycles. The van der Waals surface area contributed by atoms with Crippen LogP contribution in [0.5, 0.6) is 0 Å². The van der Waals surface area contributed by atoms with Gasteiger partial charge in [-0.1, -0.05) is 35.5 Å². The number of methoxy groups -OCH3 is 1. The van der Waals surface area contributed by atoms with E-state index in [1.165, 1.54) is 25.2 Å². The Balaban J connectivity index is 1.95. The number of esters is 1. The van der Waals surface area contributed by atoms with Gasteiger partial charge in [0.2, 0.25) is 0 Å². The number of ether oxygens (including phenoxy) is 1. The van der Waals surface area contributed by atoms with Crippen molar-refractivity contribution >= 4 is 50.9 Å². The average molecular weight is 351 g/mol. The van der Waals surface area contributed by atoms with Gasteiger partial charge in [-0.2, -0.15) is 0 Å². The molecule has 0 fully saturated rings. The number of rotatable bonds is 4. The fourth-order valence-corrected chi connectivity index (χ4v) is 4.04. The second-order valence-corrected chi connectivity index (χ2v) is 6.83. The number of hydrogen-bond donors (Lipinski definition) is 0. The summed E-state index contributed by atoms with van der Waals surface area (Å²) in [6.45, 7) is 0. The number of aromatic nitrogens is 2. The third kappa shape index (κ3) is 3.24. The van der Waals surface area contributed by atoms with Crippen LogP contribution in [0, 0.1) is 0 Å². The largest absolute Gasteiger partial charge is 0.468 e. The SMILES string of the molecule is COC(=O)CSc1ncnc2cc(-c3ccc(Cl)cc3)sc12. The molecule has 2 aromatic heterocycles. The highest BCUT2D eigenvalue weighted by Gasteiger charge is 2.12. The maximum Gasteiger partial charge on any atom is 0.316 e. The summed E-state index contributed by atoms with van der Waals surface area (Å²) in [7, 11) is 1.38. The first-order valence-corrected chi connectivity index (χ1v) is 8.55. The molecule has 0 aliphatic heterocycles. The standard InChI is InChI=1S/C15H11ClN2O2S2/c1-20-13(19)7-21-15-14-11(17-8-18-15)6-12(22-14)9-2-4-10(16)5-3-9/h2-6,8H,7H2,1H3. The maximum atomic E-state index is 11.3. The van der Waals surface area contributed by atoms with Gasteiger partial charge in [-0.3, -0.25) is 4.79 Å². The van der Waals surface area contributed by atoms with Crippen LogP contribution >= 0.6 is 34.7 Å². The summed E-state index contributed by atoms with van der Waals surface area (Å²) in [6.07, 6.45) is 1.51. The van der Waals surface area contributed by atoms with E-state index in [-0.39, 0.29) is 11.7 Å². The second-order valence-electron chi connectivity index (χ2n) is 4.38. The molecule has 0 amide bonds. The third-order valence-electron chi connectivity index (χ3n) is 2.96. The summed E-state index contributed by atoms with van der Waals surface area (Å²) < 4.78 is 5.63. The molecule has 4 nitrogen and oxygen atoms in total. The zero-order chi connectivity index (χ0) is 15.5. The summed E-state index contributed by atoms with van der Waals surface area (Å²) in [6, 6.07) is 9.69. The predicted molar refractivity (Wildman–Crippen MR) is 90.6 cm³/mol. The van der Waals surface area contributed by atoms with Crippen LogP contribution in [-0.2, 0) is 9.53 Å². The first kappa shape index (κ1) is 15.3. The van der Waals surface area contributed by atoms with Gasteiger partial charge in [0, 0.05) is 9.90 Å². The Morgan fingerprint density at radius 2 is 2.09 bits per heavy atom. The van der Waals surface area contributed by atoms with Gasteiger partial charge in [-0.05, 0) is 23.8 Å². The Hall–Kier alpha value is -1.63. The number of halogens is 1. The summed E-state index contributed by atoms with van der Waals surface area (Å²) in [4.78, 5) is 20.9. The lowest BCUT2D eigenvalue weighted by Gasteiger charge is -2.00. The molecule has 0 bridgehead atoms. The van der Waals surface area contributed by atoms with Crippen molar-refractivity contribution in [2.45, 2.75) is 5.03 Å². The molecule has 0 N–H and O–H groups in total. The Labute approximate surface area is 140 Å². The predicted octanol–water partition coefficient (Wildman–Crippen LogP) is 4.28. The second kappa shape index (κ2) is 6.64. The number of thiophene rings is 1. The first-order chi connectivity index (χ1) is 10.7. The van der Waals surface area contributed by atoms with Gasteiger partial charge in [0.25, 0.3) is 0 Å². The molecule has 0 radical (unpaired) electrons. The zero-order valence-electron chi connectivity index (χ0n) is 11.6. The van der Waals surface area contributed by atoms with E-state index in [1.807, 2.05) is 30.3 Å². The van der Waals surface area contributed by atoms with E-state index >= 15 is 0 Å². The monoisotopic (exact) mass is 350 g/mol. The molecular formula is C15H11ClN2O2S2. The Kier molecular flexibility index (Phi) is 4.61. The van der Waals surface area contributed by atoms with Crippen LogP contribution in [0.4, 0.5) is 0 Å². The van der Waals surface area contributed by atoms with Crippen LogP contribution < -0.4 is 0 Å². The van der Waals surface area contributed by atoms with Gasteiger partial charge in [0.05, 0.1) is 23.1 Å². The summed E-state index contributed by atoms with van der Waals surface area (Å²) in [5, 5.41) is 1.50. The molecule has 3 aromatic rings. The smallest absolute Gasteiger partial charge is 0.316 e. The number of carbonyl (C=O) groups excluding carboxylic acids is 1. The molecule has 2 heterocycles. The van der Waals surface area contributed by atoms with Crippen molar-refractivity contribution in [3.8, 4) is 10.4 Å². The minimum atomic E-state index is -0.272. The third-order valence-corrected chi connectivity index (χ3v) is 5.49. The minimum absolute atomic E-state index is 0.233. The van der Waals surface area contributed by atoms with E-state index < -0.39 is 0 Å². The number of carbonyl (C=O) groups is 1. The van der Waals surface area contributed by atoms with E-state index in [0.29, 0.717) is 5.02 Å². The quantitative estimate of drug-likeness (QED) is 0.399. The summed E-state index contributed by atoms with van der Waals surface area (Å²) >= 11 is 8.88. The normalized spacial score (nSPS) is 10.8. The van der Waals surface area contributed by atoms with E-state index in [9.17, 15) is 4.79 Å². The van der Waals surface area contributed by atoms with Crippen molar-refractivity contribution < 1.29 is 9.53 Å². The van der Waals surface area contributed by atoms with Crippen molar-refractivity contribution in [2.24, 2.45) is 0 Å². The summed E-state index contributed by atoms with van der Waals surface area (Å²) in [5.74, 6) is -0.0391. The van der Waals surface area contributed by atoms with E-state index in [2.05, 4.69) is 14.7 Å². The van der Waals surface area contributed by atoms with Crippen LogP contribution in [0.3, 0.4) is 0 Å². The van der Waals surface area contributed by atoms with Crippen molar-refractivity contribution in [1.82, 2.24) is 9.97 Å². The highest BCUT2D eigenvalue weighted by Crippen LogP contribution is 2.37. The lowest BCUT2D eigenvalue weighted by molar-refractivity contribution is -0.137. The lowest BCUT2D eigenvalue weighted by atomic mass is 10.2. The van der Waals surface area contributed by atoms with Gasteiger partial charge < -0.3 is 4.74 Å². The Morgan fingerprint density at radius 1 is 1.32 bits per heavy atom. The molecule has 0 spiro atoms. The fourth-order valence-electron chi connectivity index (χ4n) is 1.88. The molecular weight excluding hydrogens is 340 g/mol. The van der Waals surface area contributed by atoms with Crippen LogP contribution in [0.15, 0.2) is 41.7 Å². The molecule has 3 rings (SSSR count). The van der Waals surface area contributed by atoms with Gasteiger partial charge in [-0.15, -0.1) is 11.3 Å². The minimum Gasteiger partial charge on any atom is -0.468 e. The highest BCUT2D eigenvalue weighted by atomic mass is 35.5. The fraction of sp³-hybridized carbons (Fsp3) is 0.133. The van der Waals surface area contributed by atoms with Crippen LogP contribution in [0.1, 0.15) is 0 Å². The molecule has 0 saturated carbocycles. The lowest BCUT2D eigenvalue weighted by Crippen LogP contribution is -2.03. The molecule has 22 heavy (non-hydrogen) atoms.